The van der Waals surface area contributed by atoms with Gasteiger partial charge in [-0.2, -0.15) is 8.42 Å². The summed E-state index contributed by atoms with van der Waals surface area (Å²) in [6, 6.07) is -1.27. The number of hydrogen-bond donors (Lipinski definition) is 3. The van der Waals surface area contributed by atoms with Crippen molar-refractivity contribution >= 4 is 22.0 Å². The highest BCUT2D eigenvalue weighted by molar-refractivity contribution is 7.90. The number of aliphatic imine (C=N–C) groups is 1. The van der Waals surface area contributed by atoms with Crippen molar-refractivity contribution in [2.75, 3.05) is 6.61 Å². The number of carbonyl (C=O) groups is 1. The average molecular weight is 419 g/mol. The van der Waals surface area contributed by atoms with E-state index in [1.54, 1.807) is 0 Å². The molecule has 28 heavy (non-hydrogen) atoms. The summed E-state index contributed by atoms with van der Waals surface area (Å²) in [5.41, 5.74) is 11.1. The Kier molecular flexibility index (Phi) is 9.91. The van der Waals surface area contributed by atoms with Crippen LogP contribution in [0.4, 0.5) is 0 Å². The number of guanidine groups is 1. The Balaban J connectivity index is 3.29. The minimum atomic E-state index is -3.94. The van der Waals surface area contributed by atoms with Gasteiger partial charge in [-0.25, -0.2) is 4.99 Å². The highest BCUT2D eigenvalue weighted by Gasteiger charge is 2.39. The summed E-state index contributed by atoms with van der Waals surface area (Å²) >= 11 is 0. The number of hydrogen-bond acceptors (Lipinski definition) is 6. The van der Waals surface area contributed by atoms with Crippen molar-refractivity contribution < 1.29 is 22.1 Å². The van der Waals surface area contributed by atoms with E-state index in [-0.39, 0.29) is 35.9 Å². The van der Waals surface area contributed by atoms with Crippen molar-refractivity contribution in [2.24, 2.45) is 16.5 Å². The van der Waals surface area contributed by atoms with Crippen LogP contribution < -0.4 is 16.8 Å². The maximum absolute atomic E-state index is 12.6. The van der Waals surface area contributed by atoms with Crippen LogP contribution in [0.5, 0.6) is 0 Å². The molecule has 0 saturated heterocycles. The third-order valence-electron chi connectivity index (χ3n) is 4.53. The molecule has 0 heterocycles. The van der Waals surface area contributed by atoms with Crippen LogP contribution >= 0.6 is 0 Å². The number of nitrogens with one attached hydrogen (secondary N) is 1. The zero-order valence-electron chi connectivity index (χ0n) is 17.2. The van der Waals surface area contributed by atoms with Gasteiger partial charge >= 0.3 is 0 Å². The molecule has 1 amide bonds. The molecule has 0 aromatic heterocycles. The lowest BCUT2D eigenvalue weighted by Crippen LogP contribution is -2.54. The predicted octanol–water partition coefficient (Wildman–Crippen LogP) is 1.14. The molecule has 0 spiro atoms. The van der Waals surface area contributed by atoms with Gasteiger partial charge in [-0.05, 0) is 25.3 Å². The van der Waals surface area contributed by atoms with E-state index >= 15 is 0 Å². The zero-order valence-corrected chi connectivity index (χ0v) is 18.0. The molecule has 0 aromatic carbocycles. The normalized spacial score (nSPS) is 22.6. The molecule has 5 N–H and O–H groups in total. The SMILES string of the molecule is CCCCOS(=O)(=O)C1=C[C@@H](OC(CC)CC)[C@H](NC(C)=O)[C@@H](N=C(N)N)C1. The predicted molar refractivity (Wildman–Crippen MR) is 109 cm³/mol. The Morgan fingerprint density at radius 1 is 1.32 bits per heavy atom. The summed E-state index contributed by atoms with van der Waals surface area (Å²) in [4.78, 5) is 15.9. The second-order valence-electron chi connectivity index (χ2n) is 6.85. The van der Waals surface area contributed by atoms with E-state index in [1.165, 1.54) is 13.0 Å². The highest BCUT2D eigenvalue weighted by Crippen LogP contribution is 2.30. The molecule has 9 nitrogen and oxygen atoms in total. The van der Waals surface area contributed by atoms with E-state index in [4.69, 9.17) is 20.4 Å². The van der Waals surface area contributed by atoms with Gasteiger partial charge in [-0.15, -0.1) is 0 Å². The summed E-state index contributed by atoms with van der Waals surface area (Å²) in [5, 5.41) is 2.80. The molecule has 0 unspecified atom stereocenters. The largest absolute Gasteiger partial charge is 0.370 e. The van der Waals surface area contributed by atoms with E-state index in [0.717, 1.165) is 19.3 Å². The fourth-order valence-electron chi connectivity index (χ4n) is 3.04. The molecule has 0 aromatic rings. The van der Waals surface area contributed by atoms with Gasteiger partial charge < -0.3 is 21.5 Å². The Morgan fingerprint density at radius 3 is 2.46 bits per heavy atom. The first-order valence-corrected chi connectivity index (χ1v) is 11.2. The molecule has 162 valence electrons. The molecule has 1 aliphatic rings. The monoisotopic (exact) mass is 418 g/mol. The van der Waals surface area contributed by atoms with Gasteiger partial charge in [0.05, 0.1) is 35.8 Å². The van der Waals surface area contributed by atoms with Gasteiger partial charge in [-0.1, -0.05) is 27.2 Å². The standard InChI is InChI=1S/C18H34N4O5S/c1-5-8-9-26-28(24,25)14-10-15(22-18(19)20)17(21-12(4)23)16(11-14)27-13(6-2)7-3/h11,13,15-17H,5-10H2,1-4H3,(H,21,23)(H4,19,20,22)/t15-,16+,17+/m0/s1. The van der Waals surface area contributed by atoms with Crippen molar-refractivity contribution in [3.8, 4) is 0 Å². The Bertz CT molecular complexity index is 669. The third-order valence-corrected chi connectivity index (χ3v) is 5.95. The van der Waals surface area contributed by atoms with Gasteiger partial charge in [0.25, 0.3) is 10.1 Å². The molecule has 10 heteroatoms. The molecule has 0 saturated carbocycles. The summed E-state index contributed by atoms with van der Waals surface area (Å²) < 4.78 is 36.5. The van der Waals surface area contributed by atoms with Gasteiger partial charge in [-0.3, -0.25) is 8.98 Å². The number of nitrogens with zero attached hydrogens (tertiary/aromatic N) is 1. The highest BCUT2D eigenvalue weighted by atomic mass is 32.2. The van der Waals surface area contributed by atoms with Crippen LogP contribution in [0, 0.1) is 0 Å². The number of rotatable bonds is 11. The van der Waals surface area contributed by atoms with Crippen molar-refractivity contribution in [3.63, 3.8) is 0 Å². The Morgan fingerprint density at radius 2 is 1.96 bits per heavy atom. The van der Waals surface area contributed by atoms with Crippen LogP contribution in [0.2, 0.25) is 0 Å². The van der Waals surface area contributed by atoms with Crippen molar-refractivity contribution in [1.82, 2.24) is 5.32 Å². The first-order valence-electron chi connectivity index (χ1n) is 9.75. The minimum absolute atomic E-state index is 0.0140. The molecule has 1 aliphatic carbocycles. The van der Waals surface area contributed by atoms with Crippen molar-refractivity contribution in [1.29, 1.82) is 0 Å². The summed E-state index contributed by atoms with van der Waals surface area (Å²) in [6.07, 6.45) is 3.67. The average Bonchev–Trinajstić information content (AvgIpc) is 2.60. The van der Waals surface area contributed by atoms with Crippen LogP contribution in [0.25, 0.3) is 0 Å². The molecular weight excluding hydrogens is 384 g/mol. The molecule has 0 radical (unpaired) electrons. The Hall–Kier alpha value is -1.65. The molecule has 0 fully saturated rings. The molecule has 3 atom stereocenters. The first-order chi connectivity index (χ1) is 13.1. The quantitative estimate of drug-likeness (QED) is 0.197. The topological polar surface area (TPSA) is 146 Å². The van der Waals surface area contributed by atoms with E-state index in [0.29, 0.717) is 6.42 Å². The minimum Gasteiger partial charge on any atom is -0.370 e. The summed E-state index contributed by atoms with van der Waals surface area (Å²) in [6.45, 7) is 7.39. The Labute approximate surface area is 168 Å². The van der Waals surface area contributed by atoms with E-state index in [2.05, 4.69) is 10.3 Å². The maximum Gasteiger partial charge on any atom is 0.292 e. The second-order valence-corrected chi connectivity index (χ2v) is 8.52. The number of amides is 1. The van der Waals surface area contributed by atoms with Crippen molar-refractivity contribution in [3.05, 3.63) is 11.0 Å². The van der Waals surface area contributed by atoms with E-state index in [1.807, 2.05) is 20.8 Å². The molecule has 0 aliphatic heterocycles. The van der Waals surface area contributed by atoms with Gasteiger partial charge in [0, 0.05) is 13.3 Å². The first kappa shape index (κ1) is 24.4. The number of ether oxygens (including phenoxy) is 1. The molecule has 1 rings (SSSR count). The van der Waals surface area contributed by atoms with Gasteiger partial charge in [0.2, 0.25) is 5.91 Å². The molecule has 0 bridgehead atoms. The lowest BCUT2D eigenvalue weighted by Gasteiger charge is -2.36. The smallest absolute Gasteiger partial charge is 0.292 e. The fraction of sp³-hybridized carbons (Fsp3) is 0.778. The number of nitrogens with two attached hydrogens (primary N) is 2. The summed E-state index contributed by atoms with van der Waals surface area (Å²) in [7, 11) is -3.94. The molecular formula is C18H34N4O5S. The van der Waals surface area contributed by atoms with Gasteiger partial charge in [0.1, 0.15) is 0 Å². The second kappa shape index (κ2) is 11.4. The van der Waals surface area contributed by atoms with E-state index < -0.39 is 28.3 Å². The van der Waals surface area contributed by atoms with Crippen molar-refractivity contribution in [2.45, 2.75) is 84.1 Å². The third kappa shape index (κ3) is 7.40. The lowest BCUT2D eigenvalue weighted by atomic mass is 9.93. The van der Waals surface area contributed by atoms with Crippen LogP contribution in [0.15, 0.2) is 16.0 Å². The summed E-state index contributed by atoms with van der Waals surface area (Å²) in [5.74, 6) is -0.468. The van der Waals surface area contributed by atoms with Crippen LogP contribution in [-0.2, 0) is 23.8 Å². The van der Waals surface area contributed by atoms with Crippen LogP contribution in [-0.4, -0.2) is 51.2 Å². The van der Waals surface area contributed by atoms with Crippen LogP contribution in [0.3, 0.4) is 0 Å². The fourth-order valence-corrected chi connectivity index (χ4v) is 4.20. The zero-order chi connectivity index (χ0) is 21.3. The number of unbranched alkanes of at least 4 members (excludes halogenated alkanes) is 1. The maximum atomic E-state index is 12.6. The van der Waals surface area contributed by atoms with E-state index in [9.17, 15) is 13.2 Å². The van der Waals surface area contributed by atoms with Crippen LogP contribution in [0.1, 0.15) is 59.8 Å². The number of carbonyl (C=O) groups excluding carboxylic acids is 1. The lowest BCUT2D eigenvalue weighted by molar-refractivity contribution is -0.121. The van der Waals surface area contributed by atoms with Gasteiger partial charge in [0.15, 0.2) is 5.96 Å².